The summed E-state index contributed by atoms with van der Waals surface area (Å²) in [6, 6.07) is 9.19. The summed E-state index contributed by atoms with van der Waals surface area (Å²) in [5, 5.41) is 7.05. The van der Waals surface area contributed by atoms with Crippen LogP contribution >= 0.6 is 11.6 Å². The van der Waals surface area contributed by atoms with E-state index in [9.17, 15) is 9.59 Å². The Morgan fingerprint density at radius 3 is 2.68 bits per heavy atom. The normalized spacial score (nSPS) is 10.5. The highest BCUT2D eigenvalue weighted by Gasteiger charge is 2.23. The molecule has 0 saturated carbocycles. The molecular formula is C17H20ClN3O4. The summed E-state index contributed by atoms with van der Waals surface area (Å²) in [5.41, 5.74) is 1.31. The Morgan fingerprint density at radius 2 is 2.00 bits per heavy atom. The van der Waals surface area contributed by atoms with Gasteiger partial charge in [0.1, 0.15) is 10.7 Å². The van der Waals surface area contributed by atoms with Gasteiger partial charge in [0.2, 0.25) is 0 Å². The molecule has 1 heterocycles. The number of nitrogens with zero attached hydrogens (tertiary/aromatic N) is 2. The Hall–Kier alpha value is -2.38. The number of nitrogens with one attached hydrogen (secondary N) is 1. The molecule has 1 amide bonds. The van der Waals surface area contributed by atoms with Gasteiger partial charge in [0.15, 0.2) is 6.61 Å². The molecule has 134 valence electrons. The fraction of sp³-hybridized carbons (Fsp3) is 0.353. The maximum Gasteiger partial charge on any atom is 0.343 e. The van der Waals surface area contributed by atoms with Gasteiger partial charge in [-0.1, -0.05) is 29.8 Å². The first-order chi connectivity index (χ1) is 12.0. The fourth-order valence-corrected chi connectivity index (χ4v) is 2.52. The molecule has 25 heavy (non-hydrogen) atoms. The van der Waals surface area contributed by atoms with Crippen molar-refractivity contribution in [1.82, 2.24) is 15.1 Å². The Morgan fingerprint density at radius 1 is 1.28 bits per heavy atom. The Balaban J connectivity index is 1.98. The summed E-state index contributed by atoms with van der Waals surface area (Å²) in [7, 11) is 1.59. The molecule has 0 unspecified atom stereocenters. The van der Waals surface area contributed by atoms with E-state index in [0.29, 0.717) is 25.3 Å². The lowest BCUT2D eigenvalue weighted by molar-refractivity contribution is -0.124. The van der Waals surface area contributed by atoms with Gasteiger partial charge < -0.3 is 14.8 Å². The van der Waals surface area contributed by atoms with Crippen LogP contribution in [0.5, 0.6) is 0 Å². The van der Waals surface area contributed by atoms with Gasteiger partial charge in [-0.3, -0.25) is 4.79 Å². The minimum absolute atomic E-state index is 0.147. The number of esters is 1. The summed E-state index contributed by atoms with van der Waals surface area (Å²) in [5.74, 6) is -1.06. The molecule has 0 spiro atoms. The van der Waals surface area contributed by atoms with E-state index in [0.717, 1.165) is 5.69 Å². The zero-order valence-corrected chi connectivity index (χ0v) is 14.9. The molecule has 8 heteroatoms. The molecule has 0 fully saturated rings. The van der Waals surface area contributed by atoms with E-state index in [1.165, 1.54) is 4.68 Å². The number of hydrogen-bond donors (Lipinski definition) is 1. The highest BCUT2D eigenvalue weighted by atomic mass is 35.5. The van der Waals surface area contributed by atoms with E-state index in [-0.39, 0.29) is 23.2 Å². The minimum atomic E-state index is -0.684. The van der Waals surface area contributed by atoms with Gasteiger partial charge in [0.05, 0.1) is 11.4 Å². The molecule has 7 nitrogen and oxygen atoms in total. The third-order valence-electron chi connectivity index (χ3n) is 3.39. The van der Waals surface area contributed by atoms with E-state index >= 15 is 0 Å². The van der Waals surface area contributed by atoms with Crippen molar-refractivity contribution in [2.45, 2.75) is 13.3 Å². The average molecular weight is 366 g/mol. The Labute approximate surface area is 150 Å². The fourth-order valence-electron chi connectivity index (χ4n) is 2.17. The van der Waals surface area contributed by atoms with Crippen LogP contribution in [0.3, 0.4) is 0 Å². The van der Waals surface area contributed by atoms with Gasteiger partial charge >= 0.3 is 5.97 Å². The molecule has 0 aliphatic rings. The van der Waals surface area contributed by atoms with Gasteiger partial charge in [-0.2, -0.15) is 5.10 Å². The van der Waals surface area contributed by atoms with Crippen LogP contribution in [0.25, 0.3) is 5.69 Å². The van der Waals surface area contributed by atoms with Gasteiger partial charge in [0.25, 0.3) is 5.91 Å². The molecule has 2 aromatic rings. The number of halogens is 1. The second kappa shape index (κ2) is 9.19. The first-order valence-electron chi connectivity index (χ1n) is 7.78. The van der Waals surface area contributed by atoms with Crippen LogP contribution in [0.1, 0.15) is 22.5 Å². The van der Waals surface area contributed by atoms with Crippen molar-refractivity contribution in [3.8, 4) is 5.69 Å². The number of carbonyl (C=O) groups excluding carboxylic acids is 2. The third kappa shape index (κ3) is 5.04. The van der Waals surface area contributed by atoms with E-state index in [1.807, 2.05) is 30.3 Å². The van der Waals surface area contributed by atoms with Crippen LogP contribution in [-0.4, -0.2) is 48.5 Å². The third-order valence-corrected chi connectivity index (χ3v) is 3.74. The highest BCUT2D eigenvalue weighted by molar-refractivity contribution is 6.33. The summed E-state index contributed by atoms with van der Waals surface area (Å²) in [4.78, 5) is 23.9. The van der Waals surface area contributed by atoms with Crippen molar-refractivity contribution in [3.63, 3.8) is 0 Å². The lowest BCUT2D eigenvalue weighted by Gasteiger charge is -2.06. The second-order valence-corrected chi connectivity index (χ2v) is 5.63. The van der Waals surface area contributed by atoms with Crippen LogP contribution in [-0.2, 0) is 14.3 Å². The maximum atomic E-state index is 12.3. The number of benzene rings is 1. The number of methoxy groups -OCH3 is 1. The van der Waals surface area contributed by atoms with Crippen molar-refractivity contribution in [1.29, 1.82) is 0 Å². The number of para-hydroxylation sites is 1. The van der Waals surface area contributed by atoms with Crippen molar-refractivity contribution < 1.29 is 19.1 Å². The summed E-state index contributed by atoms with van der Waals surface area (Å²) in [6.45, 7) is 2.29. The van der Waals surface area contributed by atoms with Gasteiger partial charge in [-0.15, -0.1) is 0 Å². The summed E-state index contributed by atoms with van der Waals surface area (Å²) >= 11 is 6.28. The molecule has 0 aliphatic heterocycles. The van der Waals surface area contributed by atoms with E-state index in [4.69, 9.17) is 21.1 Å². The van der Waals surface area contributed by atoms with Crippen molar-refractivity contribution in [3.05, 3.63) is 46.7 Å². The van der Waals surface area contributed by atoms with E-state index < -0.39 is 5.97 Å². The first-order valence-corrected chi connectivity index (χ1v) is 8.15. The molecule has 1 aromatic carbocycles. The molecule has 1 aromatic heterocycles. The average Bonchev–Trinajstić information content (AvgIpc) is 2.92. The SMILES string of the molecule is COCCCNC(=O)COC(=O)c1c(C)nn(-c2ccccc2)c1Cl. The number of ether oxygens (including phenoxy) is 2. The molecule has 0 atom stereocenters. The van der Waals surface area contributed by atoms with Gasteiger partial charge in [-0.05, 0) is 25.5 Å². The van der Waals surface area contributed by atoms with Crippen molar-refractivity contribution in [2.75, 3.05) is 26.9 Å². The summed E-state index contributed by atoms with van der Waals surface area (Å²) < 4.78 is 11.4. The number of carbonyl (C=O) groups is 2. The molecule has 0 saturated heterocycles. The molecule has 0 aliphatic carbocycles. The number of rotatable bonds is 8. The standard InChI is InChI=1S/C17H20ClN3O4/c1-12-15(16(18)21(20-12)13-7-4-3-5-8-13)17(23)25-11-14(22)19-9-6-10-24-2/h3-5,7-8H,6,9-11H2,1-2H3,(H,19,22). The number of hydrogen-bond acceptors (Lipinski definition) is 5. The monoisotopic (exact) mass is 365 g/mol. The van der Waals surface area contributed by atoms with Crippen molar-refractivity contribution in [2.24, 2.45) is 0 Å². The predicted molar refractivity (Wildman–Crippen MR) is 93.1 cm³/mol. The van der Waals surface area contributed by atoms with Crippen molar-refractivity contribution >= 4 is 23.5 Å². The largest absolute Gasteiger partial charge is 0.452 e. The number of aryl methyl sites for hydroxylation is 1. The smallest absolute Gasteiger partial charge is 0.343 e. The molecular weight excluding hydrogens is 346 g/mol. The minimum Gasteiger partial charge on any atom is -0.452 e. The quantitative estimate of drug-likeness (QED) is 0.572. The van der Waals surface area contributed by atoms with Crippen LogP contribution in [0, 0.1) is 6.92 Å². The first kappa shape index (κ1) is 19.0. The van der Waals surface area contributed by atoms with Gasteiger partial charge in [0, 0.05) is 20.3 Å². The number of aromatic nitrogens is 2. The zero-order chi connectivity index (χ0) is 18.2. The molecule has 0 radical (unpaired) electrons. The molecule has 1 N–H and O–H groups in total. The summed E-state index contributed by atoms with van der Waals surface area (Å²) in [6.07, 6.45) is 0.685. The molecule has 0 bridgehead atoms. The van der Waals surface area contributed by atoms with Gasteiger partial charge in [-0.25, -0.2) is 9.48 Å². The topological polar surface area (TPSA) is 82.4 Å². The maximum absolute atomic E-state index is 12.3. The highest BCUT2D eigenvalue weighted by Crippen LogP contribution is 2.24. The van der Waals surface area contributed by atoms with E-state index in [1.54, 1.807) is 14.0 Å². The van der Waals surface area contributed by atoms with E-state index in [2.05, 4.69) is 10.4 Å². The predicted octanol–water partition coefficient (Wildman–Crippen LogP) is 2.14. The zero-order valence-electron chi connectivity index (χ0n) is 14.1. The Bertz CT molecular complexity index is 731. The van der Waals surface area contributed by atoms with Crippen LogP contribution < -0.4 is 5.32 Å². The molecule has 2 rings (SSSR count). The number of amides is 1. The van der Waals surface area contributed by atoms with Crippen LogP contribution in [0.4, 0.5) is 0 Å². The lowest BCUT2D eigenvalue weighted by atomic mass is 10.2. The van der Waals surface area contributed by atoms with Crippen LogP contribution in [0.2, 0.25) is 5.15 Å². The lowest BCUT2D eigenvalue weighted by Crippen LogP contribution is -2.30. The second-order valence-electron chi connectivity index (χ2n) is 5.27. The van der Waals surface area contributed by atoms with Crippen LogP contribution in [0.15, 0.2) is 30.3 Å². The Kier molecular flexibility index (Phi) is 6.97.